The maximum absolute atomic E-state index is 14.3. The Morgan fingerprint density at radius 1 is 0.822 bits per heavy atom. The fourth-order valence-electron chi connectivity index (χ4n) is 4.93. The zero-order chi connectivity index (χ0) is 32.4. The van der Waals surface area contributed by atoms with Gasteiger partial charge in [-0.05, 0) is 36.8 Å². The van der Waals surface area contributed by atoms with E-state index in [0.717, 1.165) is 27.6 Å². The lowest BCUT2D eigenvalue weighted by Crippen LogP contribution is -2.16. The molecule has 7 nitrogen and oxygen atoms in total. The number of nitrogens with one attached hydrogen (secondary N) is 1. The molecule has 0 radical (unpaired) electrons. The molecular formula is C30H18F8N6O. The first kappa shape index (κ1) is 29.7. The van der Waals surface area contributed by atoms with Crippen molar-refractivity contribution in [3.05, 3.63) is 112 Å². The summed E-state index contributed by atoms with van der Waals surface area (Å²) in [5.74, 6) is -11.6. The van der Waals surface area contributed by atoms with Crippen LogP contribution in [0.4, 0.5) is 40.8 Å². The molecule has 15 heteroatoms. The van der Waals surface area contributed by atoms with Crippen molar-refractivity contribution in [3.63, 3.8) is 0 Å². The molecule has 45 heavy (non-hydrogen) atoms. The van der Waals surface area contributed by atoms with Crippen LogP contribution in [0.25, 0.3) is 27.7 Å². The highest BCUT2D eigenvalue weighted by molar-refractivity contribution is 6.04. The second-order valence-electron chi connectivity index (χ2n) is 10.1. The second-order valence-corrected chi connectivity index (χ2v) is 10.1. The second kappa shape index (κ2) is 10.7. The van der Waals surface area contributed by atoms with Crippen LogP contribution in [-0.2, 0) is 12.7 Å². The van der Waals surface area contributed by atoms with Gasteiger partial charge in [0.1, 0.15) is 0 Å². The number of aromatic nitrogens is 5. The number of alkyl halides is 3. The van der Waals surface area contributed by atoms with Crippen molar-refractivity contribution in [2.24, 2.45) is 0 Å². The SMILES string of the molecule is Cc1nn(Cc2c(F)c(F)c(F)c(F)c2F)c(C)c1NC(=O)c1cc2nc(-c3ccc4ccccc4c3)cc(C(F)(F)F)n2n1. The zero-order valence-electron chi connectivity index (χ0n) is 23.1. The largest absolute Gasteiger partial charge is 0.433 e. The first-order chi connectivity index (χ1) is 21.2. The summed E-state index contributed by atoms with van der Waals surface area (Å²) in [6.45, 7) is 1.87. The monoisotopic (exact) mass is 630 g/mol. The molecule has 1 N–H and O–H groups in total. The van der Waals surface area contributed by atoms with Crippen LogP contribution in [0.3, 0.4) is 0 Å². The van der Waals surface area contributed by atoms with Crippen molar-refractivity contribution in [2.45, 2.75) is 26.6 Å². The third-order valence-electron chi connectivity index (χ3n) is 7.22. The molecule has 0 unspecified atom stereocenters. The number of fused-ring (bicyclic) bond motifs is 2. The van der Waals surface area contributed by atoms with E-state index in [1.807, 2.05) is 12.1 Å². The van der Waals surface area contributed by atoms with E-state index in [-0.39, 0.29) is 28.4 Å². The number of rotatable bonds is 5. The van der Waals surface area contributed by atoms with Crippen LogP contribution in [-0.4, -0.2) is 30.3 Å². The number of nitrogens with zero attached hydrogens (tertiary/aromatic N) is 5. The summed E-state index contributed by atoms with van der Waals surface area (Å²) < 4.78 is 113. The van der Waals surface area contributed by atoms with Crippen LogP contribution >= 0.6 is 0 Å². The third kappa shape index (κ3) is 5.13. The Labute approximate surface area is 247 Å². The molecule has 6 rings (SSSR count). The highest BCUT2D eigenvalue weighted by atomic mass is 19.4. The number of benzene rings is 3. The van der Waals surface area contributed by atoms with E-state index in [2.05, 4.69) is 20.5 Å². The molecule has 230 valence electrons. The van der Waals surface area contributed by atoms with E-state index in [4.69, 9.17) is 0 Å². The number of hydrogen-bond acceptors (Lipinski definition) is 4. The van der Waals surface area contributed by atoms with Gasteiger partial charge in [0.2, 0.25) is 5.82 Å². The molecule has 6 aromatic rings. The molecule has 3 aromatic carbocycles. The average Bonchev–Trinajstić information content (AvgIpc) is 3.56. The van der Waals surface area contributed by atoms with Crippen LogP contribution in [0.1, 0.15) is 33.1 Å². The molecule has 0 fully saturated rings. The average molecular weight is 630 g/mol. The maximum atomic E-state index is 14.3. The number of aryl methyl sites for hydroxylation is 1. The Morgan fingerprint density at radius 3 is 2.13 bits per heavy atom. The molecule has 0 aliphatic carbocycles. The van der Waals surface area contributed by atoms with E-state index in [1.165, 1.54) is 13.8 Å². The van der Waals surface area contributed by atoms with Gasteiger partial charge in [-0.2, -0.15) is 23.4 Å². The number of halogens is 8. The molecule has 3 aromatic heterocycles. The van der Waals surface area contributed by atoms with Gasteiger partial charge >= 0.3 is 6.18 Å². The number of carbonyl (C=O) groups excluding carboxylic acids is 1. The number of anilines is 1. The van der Waals surface area contributed by atoms with Gasteiger partial charge < -0.3 is 5.32 Å². The topological polar surface area (TPSA) is 77.1 Å². The smallest absolute Gasteiger partial charge is 0.317 e. The Balaban J connectivity index is 1.34. The van der Waals surface area contributed by atoms with E-state index in [0.29, 0.717) is 10.1 Å². The number of hydrogen-bond donors (Lipinski definition) is 1. The summed E-state index contributed by atoms with van der Waals surface area (Å²) in [4.78, 5) is 17.5. The zero-order valence-corrected chi connectivity index (χ0v) is 23.1. The molecule has 0 saturated carbocycles. The van der Waals surface area contributed by atoms with Crippen molar-refractivity contribution in [2.75, 3.05) is 5.32 Å². The summed E-state index contributed by atoms with van der Waals surface area (Å²) in [7, 11) is 0. The normalized spacial score (nSPS) is 12.0. The predicted molar refractivity (Wildman–Crippen MR) is 146 cm³/mol. The lowest BCUT2D eigenvalue weighted by molar-refractivity contribution is -0.142. The standard InChI is InChI=1S/C30H18F8N6O/c1-13-28(14(2)43(41-13)12-18-23(31)25(33)27(35)26(34)24(18)32)40-29(45)20-11-22-39-19(10-21(30(36,37)38)44(22)42-20)17-8-7-15-5-3-4-6-16(15)9-17/h3-11H,12H2,1-2H3,(H,40,45). The lowest BCUT2D eigenvalue weighted by Gasteiger charge is -2.11. The highest BCUT2D eigenvalue weighted by Gasteiger charge is 2.36. The minimum atomic E-state index is -4.87. The summed E-state index contributed by atoms with van der Waals surface area (Å²) in [5.41, 5.74) is -2.52. The molecule has 0 saturated heterocycles. The summed E-state index contributed by atoms with van der Waals surface area (Å²) in [6, 6.07) is 14.2. The number of carbonyl (C=O) groups is 1. The van der Waals surface area contributed by atoms with Gasteiger partial charge in [-0.25, -0.2) is 31.5 Å². The van der Waals surface area contributed by atoms with Crippen molar-refractivity contribution >= 4 is 28.0 Å². The van der Waals surface area contributed by atoms with Gasteiger partial charge in [0.15, 0.2) is 40.3 Å². The van der Waals surface area contributed by atoms with Gasteiger partial charge in [-0.1, -0.05) is 36.4 Å². The van der Waals surface area contributed by atoms with Crippen molar-refractivity contribution in [1.29, 1.82) is 0 Å². The third-order valence-corrected chi connectivity index (χ3v) is 7.22. The Kier molecular flexibility index (Phi) is 7.05. The van der Waals surface area contributed by atoms with Crippen LogP contribution < -0.4 is 5.32 Å². The maximum Gasteiger partial charge on any atom is 0.433 e. The van der Waals surface area contributed by atoms with Gasteiger partial charge in [-0.3, -0.25) is 9.48 Å². The minimum absolute atomic E-state index is 0.00599. The van der Waals surface area contributed by atoms with Crippen LogP contribution in [0.15, 0.2) is 54.6 Å². The minimum Gasteiger partial charge on any atom is -0.317 e. The lowest BCUT2D eigenvalue weighted by atomic mass is 10.0. The molecular weight excluding hydrogens is 612 g/mol. The van der Waals surface area contributed by atoms with Crippen molar-refractivity contribution in [3.8, 4) is 11.3 Å². The molecule has 0 spiro atoms. The van der Waals surface area contributed by atoms with Crippen LogP contribution in [0.2, 0.25) is 0 Å². The van der Waals surface area contributed by atoms with Gasteiger partial charge in [0.25, 0.3) is 5.91 Å². The first-order valence-corrected chi connectivity index (χ1v) is 13.1. The van der Waals surface area contributed by atoms with Crippen LogP contribution in [0.5, 0.6) is 0 Å². The van der Waals surface area contributed by atoms with Crippen LogP contribution in [0, 0.1) is 42.9 Å². The molecule has 0 aliphatic rings. The molecule has 0 atom stereocenters. The summed E-state index contributed by atoms with van der Waals surface area (Å²) >= 11 is 0. The molecule has 3 heterocycles. The van der Waals surface area contributed by atoms with Gasteiger partial charge in [-0.15, -0.1) is 0 Å². The molecule has 0 aliphatic heterocycles. The van der Waals surface area contributed by atoms with Gasteiger partial charge in [0, 0.05) is 11.6 Å². The van der Waals surface area contributed by atoms with E-state index >= 15 is 0 Å². The Morgan fingerprint density at radius 2 is 1.47 bits per heavy atom. The first-order valence-electron chi connectivity index (χ1n) is 13.1. The molecule has 0 bridgehead atoms. The number of amides is 1. The Hall–Kier alpha value is -5.34. The fraction of sp³-hybridized carbons (Fsp3) is 0.133. The predicted octanol–water partition coefficient (Wildman–Crippen LogP) is 7.38. The summed E-state index contributed by atoms with van der Waals surface area (Å²) in [6.07, 6.45) is -4.87. The van der Waals surface area contributed by atoms with Gasteiger partial charge in [0.05, 0.1) is 34.9 Å². The van der Waals surface area contributed by atoms with E-state index in [9.17, 15) is 39.9 Å². The van der Waals surface area contributed by atoms with E-state index in [1.54, 1.807) is 30.3 Å². The molecule has 1 amide bonds. The highest BCUT2D eigenvalue weighted by Crippen LogP contribution is 2.33. The van der Waals surface area contributed by atoms with Crippen molar-refractivity contribution in [1.82, 2.24) is 24.4 Å². The summed E-state index contributed by atoms with van der Waals surface area (Å²) in [5, 5.41) is 11.9. The fourth-order valence-corrected chi connectivity index (χ4v) is 4.93. The quantitative estimate of drug-likeness (QED) is 0.123. The van der Waals surface area contributed by atoms with E-state index < -0.39 is 64.7 Å². The Bertz CT molecular complexity index is 2140. The van der Waals surface area contributed by atoms with Crippen molar-refractivity contribution < 1.29 is 39.9 Å².